The largest absolute Gasteiger partial charge is 0.394 e. The van der Waals surface area contributed by atoms with Gasteiger partial charge in [-0.3, -0.25) is 0 Å². The molecule has 2 saturated heterocycles. The highest BCUT2D eigenvalue weighted by Crippen LogP contribution is 2.33. The Balaban J connectivity index is 1.76. The summed E-state index contributed by atoms with van der Waals surface area (Å²) in [6.45, 7) is 1.03. The SMILES string of the molecule is CCCCCCCCCS[C@@H]1OC(CO)[C@@H](COC[C@@H]2OC(CO)[C@@H](O)C(O)[C@@H]2O)C(O)[C@@H]1O. The van der Waals surface area contributed by atoms with Gasteiger partial charge in [-0.25, -0.2) is 0 Å². The number of unbranched alkanes of at least 4 members (excludes halogenated alkanes) is 6. The Morgan fingerprint density at radius 2 is 1.26 bits per heavy atom. The molecule has 0 radical (unpaired) electrons. The fourth-order valence-corrected chi connectivity index (χ4v) is 5.59. The molecule has 2 rings (SSSR count). The lowest BCUT2D eigenvalue weighted by atomic mass is 9.90. The first-order valence-corrected chi connectivity index (χ1v) is 13.5. The van der Waals surface area contributed by atoms with Crippen LogP contribution in [0.25, 0.3) is 0 Å². The maximum atomic E-state index is 10.7. The van der Waals surface area contributed by atoms with Gasteiger partial charge in [-0.05, 0) is 12.2 Å². The van der Waals surface area contributed by atoms with Crippen molar-refractivity contribution in [2.75, 3.05) is 32.2 Å². The third kappa shape index (κ3) is 8.52. The zero-order valence-corrected chi connectivity index (χ0v) is 20.8. The van der Waals surface area contributed by atoms with Crippen LogP contribution >= 0.6 is 11.8 Å². The molecule has 0 aromatic heterocycles. The molecule has 7 N–H and O–H groups in total. The first kappa shape index (κ1) is 30.2. The minimum atomic E-state index is -1.50. The Bertz CT molecular complexity index is 540. The third-order valence-electron chi connectivity index (χ3n) is 6.65. The lowest BCUT2D eigenvalue weighted by molar-refractivity contribution is -0.243. The van der Waals surface area contributed by atoms with Gasteiger partial charge < -0.3 is 50.0 Å². The van der Waals surface area contributed by atoms with Gasteiger partial charge in [0.1, 0.15) is 42.1 Å². The normalized spacial score (nSPS) is 38.8. The summed E-state index contributed by atoms with van der Waals surface area (Å²) in [5.41, 5.74) is -0.645. The predicted molar refractivity (Wildman–Crippen MR) is 126 cm³/mol. The Hall–Kier alpha value is -0.0500. The van der Waals surface area contributed by atoms with Crippen LogP contribution in [-0.2, 0) is 14.2 Å². The molecule has 10 nitrogen and oxygen atoms in total. The van der Waals surface area contributed by atoms with E-state index in [4.69, 9.17) is 14.2 Å². The molecule has 0 spiro atoms. The topological polar surface area (TPSA) is 169 Å². The molecular formula is C23H44O10S. The van der Waals surface area contributed by atoms with Crippen LogP contribution in [0, 0.1) is 5.92 Å². The van der Waals surface area contributed by atoms with E-state index in [-0.39, 0.29) is 19.8 Å². The Kier molecular flexibility index (Phi) is 14.1. The lowest BCUT2D eigenvalue weighted by Crippen LogP contribution is -2.60. The van der Waals surface area contributed by atoms with Crippen molar-refractivity contribution in [3.63, 3.8) is 0 Å². The minimum absolute atomic E-state index is 0.0897. The average molecular weight is 513 g/mol. The highest BCUT2D eigenvalue weighted by Gasteiger charge is 2.46. The van der Waals surface area contributed by atoms with Crippen LogP contribution in [0.15, 0.2) is 0 Å². The second kappa shape index (κ2) is 15.9. The van der Waals surface area contributed by atoms with Crippen molar-refractivity contribution in [1.82, 2.24) is 0 Å². The molecular weight excluding hydrogens is 468 g/mol. The van der Waals surface area contributed by atoms with Crippen molar-refractivity contribution in [2.24, 2.45) is 5.92 Å². The molecule has 10 atom stereocenters. The summed E-state index contributed by atoms with van der Waals surface area (Å²) in [7, 11) is 0. The van der Waals surface area contributed by atoms with E-state index in [1.807, 2.05) is 0 Å². The van der Waals surface area contributed by atoms with E-state index in [2.05, 4.69) is 6.92 Å². The number of hydrogen-bond donors (Lipinski definition) is 7. The first-order chi connectivity index (χ1) is 16.3. The van der Waals surface area contributed by atoms with Crippen molar-refractivity contribution in [1.29, 1.82) is 0 Å². The quantitative estimate of drug-likeness (QED) is 0.140. The summed E-state index contributed by atoms with van der Waals surface area (Å²) in [6, 6.07) is 0. The zero-order chi connectivity index (χ0) is 25.1. The molecule has 34 heavy (non-hydrogen) atoms. The number of aliphatic hydroxyl groups is 7. The molecule has 202 valence electrons. The van der Waals surface area contributed by atoms with Gasteiger partial charge in [-0.15, -0.1) is 11.8 Å². The summed E-state index contributed by atoms with van der Waals surface area (Å²) >= 11 is 1.44. The van der Waals surface area contributed by atoms with Gasteiger partial charge in [-0.2, -0.15) is 0 Å². The van der Waals surface area contributed by atoms with Crippen LogP contribution in [0.1, 0.15) is 51.9 Å². The maximum Gasteiger partial charge on any atom is 0.132 e. The van der Waals surface area contributed by atoms with Gasteiger partial charge >= 0.3 is 0 Å². The lowest BCUT2D eigenvalue weighted by Gasteiger charge is -2.43. The average Bonchev–Trinajstić information content (AvgIpc) is 2.84. The molecule has 2 aliphatic rings. The number of rotatable bonds is 15. The molecule has 0 amide bonds. The van der Waals surface area contributed by atoms with E-state index in [1.54, 1.807) is 0 Å². The van der Waals surface area contributed by atoms with Crippen molar-refractivity contribution in [2.45, 2.75) is 106 Å². The van der Waals surface area contributed by atoms with Gasteiger partial charge in [0.05, 0.1) is 38.6 Å². The van der Waals surface area contributed by atoms with E-state index < -0.39 is 66.8 Å². The van der Waals surface area contributed by atoms with Crippen molar-refractivity contribution in [3.05, 3.63) is 0 Å². The van der Waals surface area contributed by atoms with Crippen LogP contribution in [0.4, 0.5) is 0 Å². The van der Waals surface area contributed by atoms with Gasteiger partial charge in [0.2, 0.25) is 0 Å². The molecule has 2 aliphatic heterocycles. The van der Waals surface area contributed by atoms with Crippen LogP contribution in [0.2, 0.25) is 0 Å². The van der Waals surface area contributed by atoms with E-state index >= 15 is 0 Å². The van der Waals surface area contributed by atoms with Gasteiger partial charge in [-0.1, -0.05) is 45.4 Å². The number of thioether (sulfide) groups is 1. The van der Waals surface area contributed by atoms with E-state index in [1.165, 1.54) is 43.9 Å². The molecule has 2 heterocycles. The standard InChI is InChI=1S/C23H44O10S/c1-2-3-4-5-6-7-8-9-34-23-22(30)18(26)14(15(10-24)33-23)12-31-13-17-20(28)21(29)19(27)16(11-25)32-17/h14-30H,2-13H2,1H3/t14-,15?,16?,17+,18?,19-,20-,21?,22+,23+/m1/s1. The summed E-state index contributed by atoms with van der Waals surface area (Å²) in [5, 5.41) is 70.1. The summed E-state index contributed by atoms with van der Waals surface area (Å²) in [4.78, 5) is 0. The fourth-order valence-electron chi connectivity index (χ4n) is 4.41. The summed E-state index contributed by atoms with van der Waals surface area (Å²) in [5.74, 6) is 0.0823. The van der Waals surface area contributed by atoms with Crippen molar-refractivity contribution in [3.8, 4) is 0 Å². The van der Waals surface area contributed by atoms with Crippen LogP contribution in [-0.4, -0.2) is 122 Å². The van der Waals surface area contributed by atoms with Crippen LogP contribution < -0.4 is 0 Å². The van der Waals surface area contributed by atoms with Gasteiger partial charge in [0, 0.05) is 5.92 Å². The van der Waals surface area contributed by atoms with E-state index in [0.717, 1.165) is 18.6 Å². The Labute approximate surface area is 206 Å². The monoisotopic (exact) mass is 512 g/mol. The molecule has 0 aliphatic carbocycles. The number of ether oxygens (including phenoxy) is 3. The number of hydrogen-bond acceptors (Lipinski definition) is 11. The highest BCUT2D eigenvalue weighted by molar-refractivity contribution is 7.99. The minimum Gasteiger partial charge on any atom is -0.394 e. The molecule has 11 heteroatoms. The fraction of sp³-hybridized carbons (Fsp3) is 1.00. The van der Waals surface area contributed by atoms with E-state index in [9.17, 15) is 35.7 Å². The van der Waals surface area contributed by atoms with Gasteiger partial charge in [0.15, 0.2) is 0 Å². The first-order valence-electron chi connectivity index (χ1n) is 12.5. The second-order valence-corrected chi connectivity index (χ2v) is 10.5. The summed E-state index contributed by atoms with van der Waals surface area (Å²) in [6.07, 6.45) is -1.17. The molecule has 4 unspecified atom stereocenters. The van der Waals surface area contributed by atoms with E-state index in [0.29, 0.717) is 0 Å². The van der Waals surface area contributed by atoms with Crippen LogP contribution in [0.3, 0.4) is 0 Å². The third-order valence-corrected chi connectivity index (χ3v) is 7.89. The second-order valence-electron chi connectivity index (χ2n) is 9.27. The molecule has 2 fully saturated rings. The van der Waals surface area contributed by atoms with Gasteiger partial charge in [0.25, 0.3) is 0 Å². The highest BCUT2D eigenvalue weighted by atomic mass is 32.2. The van der Waals surface area contributed by atoms with Crippen molar-refractivity contribution >= 4 is 11.8 Å². The molecule has 0 saturated carbocycles. The smallest absolute Gasteiger partial charge is 0.132 e. The Morgan fingerprint density at radius 3 is 1.91 bits per heavy atom. The molecule has 0 aromatic carbocycles. The predicted octanol–water partition coefficient (Wildman–Crippen LogP) is -0.616. The Morgan fingerprint density at radius 1 is 0.647 bits per heavy atom. The summed E-state index contributed by atoms with van der Waals surface area (Å²) < 4.78 is 16.8. The number of aliphatic hydroxyl groups excluding tert-OH is 7. The zero-order valence-electron chi connectivity index (χ0n) is 20.0. The maximum absolute atomic E-state index is 10.7. The molecule has 0 bridgehead atoms. The molecule has 0 aromatic rings. The van der Waals surface area contributed by atoms with Crippen LogP contribution in [0.5, 0.6) is 0 Å². The van der Waals surface area contributed by atoms with Crippen molar-refractivity contribution < 1.29 is 50.0 Å².